The van der Waals surface area contributed by atoms with Crippen LogP contribution in [0, 0.1) is 5.92 Å². The second-order valence-corrected chi connectivity index (χ2v) is 7.02. The molecule has 1 aromatic rings. The molecule has 6 heteroatoms. The molecule has 1 aromatic heterocycles. The van der Waals surface area contributed by atoms with Crippen LogP contribution in [0.5, 0.6) is 0 Å². The van der Waals surface area contributed by atoms with E-state index in [1.54, 1.807) is 4.90 Å². The average molecular weight is 339 g/mol. The van der Waals surface area contributed by atoms with Gasteiger partial charge < -0.3 is 10.6 Å². The van der Waals surface area contributed by atoms with Crippen LogP contribution in [0.2, 0.25) is 4.34 Å². The fourth-order valence-corrected chi connectivity index (χ4v) is 2.79. The third-order valence-electron chi connectivity index (χ3n) is 3.29. The first-order chi connectivity index (χ1) is 8.90. The van der Waals surface area contributed by atoms with E-state index < -0.39 is 0 Å². The van der Waals surface area contributed by atoms with E-state index in [1.165, 1.54) is 11.3 Å². The number of amides is 1. The van der Waals surface area contributed by atoms with Gasteiger partial charge in [0.1, 0.15) is 0 Å². The molecule has 1 atom stereocenters. The molecule has 0 aliphatic rings. The molecular formula is C14H24Cl2N2OS. The zero-order valence-corrected chi connectivity index (χ0v) is 14.7. The van der Waals surface area contributed by atoms with Gasteiger partial charge >= 0.3 is 0 Å². The number of carbonyl (C=O) groups excluding carboxylic acids is 1. The Bertz CT molecular complexity index is 410. The van der Waals surface area contributed by atoms with Crippen LogP contribution in [-0.4, -0.2) is 30.4 Å². The SMILES string of the molecule is CC(C)C(N)CCN(C)C(=O)CCc1ccc(Cl)s1.Cl. The molecule has 1 heterocycles. The first-order valence-electron chi connectivity index (χ1n) is 6.64. The van der Waals surface area contributed by atoms with E-state index in [0.717, 1.165) is 28.6 Å². The molecule has 20 heavy (non-hydrogen) atoms. The number of hydrogen-bond donors (Lipinski definition) is 1. The summed E-state index contributed by atoms with van der Waals surface area (Å²) in [6.07, 6.45) is 2.14. The van der Waals surface area contributed by atoms with Crippen LogP contribution >= 0.6 is 35.3 Å². The Balaban J connectivity index is 0.00000361. The lowest BCUT2D eigenvalue weighted by Gasteiger charge is -2.21. The molecule has 0 bridgehead atoms. The number of nitrogens with two attached hydrogens (primary N) is 1. The fraction of sp³-hybridized carbons (Fsp3) is 0.643. The van der Waals surface area contributed by atoms with Crippen molar-refractivity contribution in [2.24, 2.45) is 11.7 Å². The second-order valence-electron chi connectivity index (χ2n) is 5.22. The fourth-order valence-electron chi connectivity index (χ4n) is 1.71. The van der Waals surface area contributed by atoms with Gasteiger partial charge in [0.2, 0.25) is 5.91 Å². The molecule has 116 valence electrons. The number of hydrogen-bond acceptors (Lipinski definition) is 3. The van der Waals surface area contributed by atoms with Crippen molar-refractivity contribution in [1.82, 2.24) is 4.90 Å². The van der Waals surface area contributed by atoms with Gasteiger partial charge in [-0.25, -0.2) is 0 Å². The second kappa shape index (κ2) is 9.61. The topological polar surface area (TPSA) is 46.3 Å². The van der Waals surface area contributed by atoms with E-state index >= 15 is 0 Å². The summed E-state index contributed by atoms with van der Waals surface area (Å²) in [5.74, 6) is 0.622. The molecule has 0 fully saturated rings. The van der Waals surface area contributed by atoms with Gasteiger partial charge in [-0.2, -0.15) is 0 Å². The molecule has 1 unspecified atom stereocenters. The molecule has 0 radical (unpaired) electrons. The summed E-state index contributed by atoms with van der Waals surface area (Å²) < 4.78 is 0.777. The van der Waals surface area contributed by atoms with Gasteiger partial charge in [0.15, 0.2) is 0 Å². The van der Waals surface area contributed by atoms with Gasteiger partial charge in [0.05, 0.1) is 4.34 Å². The summed E-state index contributed by atoms with van der Waals surface area (Å²) in [7, 11) is 1.84. The van der Waals surface area contributed by atoms with E-state index in [4.69, 9.17) is 17.3 Å². The van der Waals surface area contributed by atoms with E-state index in [0.29, 0.717) is 12.3 Å². The van der Waals surface area contributed by atoms with Crippen molar-refractivity contribution in [2.45, 2.75) is 39.2 Å². The Kier molecular flexibility index (Phi) is 9.47. The smallest absolute Gasteiger partial charge is 0.222 e. The van der Waals surface area contributed by atoms with Crippen molar-refractivity contribution in [2.75, 3.05) is 13.6 Å². The highest BCUT2D eigenvalue weighted by Gasteiger charge is 2.13. The summed E-state index contributed by atoms with van der Waals surface area (Å²) in [5.41, 5.74) is 5.98. The molecule has 1 rings (SSSR count). The van der Waals surface area contributed by atoms with Crippen molar-refractivity contribution < 1.29 is 4.79 Å². The standard InChI is InChI=1S/C14H23ClN2OS.ClH/c1-10(2)12(16)8-9-17(3)14(18)7-5-11-4-6-13(15)19-11;/h4,6,10,12H,5,7-9,16H2,1-3H3;1H. The number of rotatable bonds is 7. The zero-order chi connectivity index (χ0) is 14.4. The minimum absolute atomic E-state index is 0. The molecular weight excluding hydrogens is 315 g/mol. The number of thiophene rings is 1. The molecule has 3 nitrogen and oxygen atoms in total. The van der Waals surface area contributed by atoms with Gasteiger partial charge in [0.25, 0.3) is 0 Å². The maximum absolute atomic E-state index is 12.0. The number of carbonyl (C=O) groups is 1. The molecule has 2 N–H and O–H groups in total. The molecule has 0 aliphatic carbocycles. The largest absolute Gasteiger partial charge is 0.346 e. The van der Waals surface area contributed by atoms with E-state index in [9.17, 15) is 4.79 Å². The van der Waals surface area contributed by atoms with Crippen LogP contribution < -0.4 is 5.73 Å². The normalized spacial score (nSPS) is 12.1. The summed E-state index contributed by atoms with van der Waals surface area (Å²) in [6, 6.07) is 4.01. The van der Waals surface area contributed by atoms with Crippen LogP contribution in [-0.2, 0) is 11.2 Å². The van der Waals surface area contributed by atoms with Crippen LogP contribution in [0.4, 0.5) is 0 Å². The van der Waals surface area contributed by atoms with Crippen molar-refractivity contribution >= 4 is 41.3 Å². The maximum atomic E-state index is 12.0. The summed E-state index contributed by atoms with van der Waals surface area (Å²) >= 11 is 7.40. The van der Waals surface area contributed by atoms with Crippen molar-refractivity contribution in [1.29, 1.82) is 0 Å². The predicted molar refractivity (Wildman–Crippen MR) is 90.0 cm³/mol. The molecule has 1 amide bonds. The van der Waals surface area contributed by atoms with Gasteiger partial charge in [-0.1, -0.05) is 25.4 Å². The Morgan fingerprint density at radius 2 is 2.10 bits per heavy atom. The van der Waals surface area contributed by atoms with Crippen LogP contribution in [0.1, 0.15) is 31.6 Å². The predicted octanol–water partition coefficient (Wildman–Crippen LogP) is 3.59. The highest BCUT2D eigenvalue weighted by molar-refractivity contribution is 7.16. The van der Waals surface area contributed by atoms with Gasteiger partial charge in [-0.3, -0.25) is 4.79 Å². The number of aryl methyl sites for hydroxylation is 1. The third-order valence-corrected chi connectivity index (χ3v) is 4.58. The van der Waals surface area contributed by atoms with Gasteiger partial charge in [-0.15, -0.1) is 23.7 Å². The summed E-state index contributed by atoms with van der Waals surface area (Å²) in [6.45, 7) is 4.93. The van der Waals surface area contributed by atoms with E-state index in [1.807, 2.05) is 19.2 Å². The minimum atomic E-state index is 0. The highest BCUT2D eigenvalue weighted by Crippen LogP contribution is 2.22. The molecule has 0 aromatic carbocycles. The maximum Gasteiger partial charge on any atom is 0.222 e. The summed E-state index contributed by atoms with van der Waals surface area (Å²) in [5, 5.41) is 0. The van der Waals surface area contributed by atoms with Crippen molar-refractivity contribution in [3.63, 3.8) is 0 Å². The lowest BCUT2D eigenvalue weighted by molar-refractivity contribution is -0.129. The average Bonchev–Trinajstić information content (AvgIpc) is 2.78. The Hall–Kier alpha value is -0.290. The lowest BCUT2D eigenvalue weighted by atomic mass is 10.0. The quantitative estimate of drug-likeness (QED) is 0.825. The third kappa shape index (κ3) is 6.93. The van der Waals surface area contributed by atoms with Crippen molar-refractivity contribution in [3.8, 4) is 0 Å². The van der Waals surface area contributed by atoms with Gasteiger partial charge in [0, 0.05) is 30.9 Å². The summed E-state index contributed by atoms with van der Waals surface area (Å²) in [4.78, 5) is 14.9. The van der Waals surface area contributed by atoms with E-state index in [-0.39, 0.29) is 24.4 Å². The van der Waals surface area contributed by atoms with E-state index in [2.05, 4.69) is 13.8 Å². The molecule has 0 spiro atoms. The van der Waals surface area contributed by atoms with Gasteiger partial charge in [-0.05, 0) is 30.9 Å². The monoisotopic (exact) mass is 338 g/mol. The first kappa shape index (κ1) is 19.7. The number of nitrogens with zero attached hydrogens (tertiary/aromatic N) is 1. The highest BCUT2D eigenvalue weighted by atomic mass is 35.5. The molecule has 0 aliphatic heterocycles. The minimum Gasteiger partial charge on any atom is -0.346 e. The van der Waals surface area contributed by atoms with Crippen LogP contribution in [0.25, 0.3) is 0 Å². The molecule has 0 saturated carbocycles. The Morgan fingerprint density at radius 3 is 2.60 bits per heavy atom. The first-order valence-corrected chi connectivity index (χ1v) is 7.83. The lowest BCUT2D eigenvalue weighted by Crippen LogP contribution is -2.34. The van der Waals surface area contributed by atoms with Crippen LogP contribution in [0.3, 0.4) is 0 Å². The van der Waals surface area contributed by atoms with Crippen molar-refractivity contribution in [3.05, 3.63) is 21.3 Å². The van der Waals surface area contributed by atoms with Crippen LogP contribution in [0.15, 0.2) is 12.1 Å². The zero-order valence-electron chi connectivity index (χ0n) is 12.3. The number of halogens is 2. The Morgan fingerprint density at radius 1 is 1.45 bits per heavy atom. The molecule has 0 saturated heterocycles. The Labute approximate surface area is 136 Å².